The van der Waals surface area contributed by atoms with Gasteiger partial charge >= 0.3 is 12.0 Å². The Balaban J connectivity index is 2.66. The van der Waals surface area contributed by atoms with Gasteiger partial charge in [-0.2, -0.15) is 0 Å². The highest BCUT2D eigenvalue weighted by Gasteiger charge is 2.29. The zero-order valence-electron chi connectivity index (χ0n) is 11.4. The SMILES string of the molecule is CCCN(CC(=O)O)C(=O)N1CCN(C)CC1C. The molecular formula is C12H23N3O3. The number of urea groups is 1. The first-order valence-electron chi connectivity index (χ1n) is 6.41. The predicted octanol–water partition coefficient (Wildman–Crippen LogP) is 0.539. The van der Waals surface area contributed by atoms with Gasteiger partial charge in [0.1, 0.15) is 6.54 Å². The fourth-order valence-corrected chi connectivity index (χ4v) is 2.28. The molecule has 0 aromatic heterocycles. The molecule has 2 amide bonds. The van der Waals surface area contributed by atoms with Gasteiger partial charge in [0.2, 0.25) is 0 Å². The Labute approximate surface area is 108 Å². The van der Waals surface area contributed by atoms with Gasteiger partial charge in [-0.1, -0.05) is 6.92 Å². The van der Waals surface area contributed by atoms with E-state index in [1.54, 1.807) is 4.90 Å². The van der Waals surface area contributed by atoms with E-state index in [0.29, 0.717) is 13.1 Å². The molecule has 0 aromatic carbocycles. The fourth-order valence-electron chi connectivity index (χ4n) is 2.28. The smallest absolute Gasteiger partial charge is 0.323 e. The molecule has 0 spiro atoms. The van der Waals surface area contributed by atoms with Crippen molar-refractivity contribution in [1.82, 2.24) is 14.7 Å². The molecular weight excluding hydrogens is 234 g/mol. The van der Waals surface area contributed by atoms with Crippen molar-refractivity contribution in [3.8, 4) is 0 Å². The van der Waals surface area contributed by atoms with Crippen LogP contribution in [0, 0.1) is 0 Å². The van der Waals surface area contributed by atoms with Crippen LogP contribution in [0.5, 0.6) is 0 Å². The molecule has 6 heteroatoms. The maximum atomic E-state index is 12.3. The summed E-state index contributed by atoms with van der Waals surface area (Å²) in [5.41, 5.74) is 0. The summed E-state index contributed by atoms with van der Waals surface area (Å²) in [6.07, 6.45) is 0.765. The Morgan fingerprint density at radius 3 is 2.56 bits per heavy atom. The van der Waals surface area contributed by atoms with Crippen molar-refractivity contribution >= 4 is 12.0 Å². The van der Waals surface area contributed by atoms with E-state index in [4.69, 9.17) is 5.11 Å². The van der Waals surface area contributed by atoms with Crippen LogP contribution in [0.4, 0.5) is 4.79 Å². The molecule has 1 aliphatic heterocycles. The number of carboxylic acids is 1. The Bertz CT molecular complexity index is 309. The number of amides is 2. The normalized spacial score (nSPS) is 20.8. The second-order valence-electron chi connectivity index (χ2n) is 4.90. The lowest BCUT2D eigenvalue weighted by atomic mass is 10.2. The van der Waals surface area contributed by atoms with Crippen LogP contribution in [0.3, 0.4) is 0 Å². The molecule has 1 N–H and O–H groups in total. The minimum Gasteiger partial charge on any atom is -0.480 e. The highest BCUT2D eigenvalue weighted by atomic mass is 16.4. The Morgan fingerprint density at radius 1 is 1.39 bits per heavy atom. The van der Waals surface area contributed by atoms with Gasteiger partial charge in [-0.05, 0) is 20.4 Å². The van der Waals surface area contributed by atoms with Gasteiger partial charge in [0.25, 0.3) is 0 Å². The number of nitrogens with zero attached hydrogens (tertiary/aromatic N) is 3. The van der Waals surface area contributed by atoms with Crippen LogP contribution < -0.4 is 0 Å². The summed E-state index contributed by atoms with van der Waals surface area (Å²) in [6.45, 7) is 6.54. The molecule has 18 heavy (non-hydrogen) atoms. The third kappa shape index (κ3) is 3.87. The molecule has 1 rings (SSSR count). The Morgan fingerprint density at radius 2 is 2.06 bits per heavy atom. The highest BCUT2D eigenvalue weighted by Crippen LogP contribution is 2.11. The molecule has 1 saturated heterocycles. The van der Waals surface area contributed by atoms with E-state index in [1.807, 2.05) is 20.9 Å². The van der Waals surface area contributed by atoms with Gasteiger partial charge in [-0.3, -0.25) is 4.79 Å². The van der Waals surface area contributed by atoms with E-state index in [-0.39, 0.29) is 18.6 Å². The lowest BCUT2D eigenvalue weighted by Gasteiger charge is -2.40. The number of rotatable bonds is 4. The van der Waals surface area contributed by atoms with E-state index in [0.717, 1.165) is 19.5 Å². The summed E-state index contributed by atoms with van der Waals surface area (Å²) >= 11 is 0. The summed E-state index contributed by atoms with van der Waals surface area (Å²) in [4.78, 5) is 28.5. The Hall–Kier alpha value is -1.30. The quantitative estimate of drug-likeness (QED) is 0.798. The third-order valence-corrected chi connectivity index (χ3v) is 3.17. The van der Waals surface area contributed by atoms with Gasteiger partial charge < -0.3 is 19.8 Å². The van der Waals surface area contributed by atoms with E-state index in [9.17, 15) is 9.59 Å². The van der Waals surface area contributed by atoms with Crippen molar-refractivity contribution in [3.63, 3.8) is 0 Å². The Kier molecular flexibility index (Phi) is 5.40. The second kappa shape index (κ2) is 6.58. The summed E-state index contributed by atoms with van der Waals surface area (Å²) < 4.78 is 0. The number of piperazine rings is 1. The summed E-state index contributed by atoms with van der Waals surface area (Å²) in [5, 5.41) is 8.85. The van der Waals surface area contributed by atoms with Crippen LogP contribution in [-0.2, 0) is 4.79 Å². The molecule has 0 saturated carbocycles. The van der Waals surface area contributed by atoms with Crippen LogP contribution in [-0.4, -0.2) is 77.6 Å². The predicted molar refractivity (Wildman–Crippen MR) is 68.6 cm³/mol. The van der Waals surface area contributed by atoms with E-state index < -0.39 is 5.97 Å². The first kappa shape index (κ1) is 14.8. The number of likely N-dealkylation sites (N-methyl/N-ethyl adjacent to an activating group) is 1. The third-order valence-electron chi connectivity index (χ3n) is 3.17. The number of aliphatic carboxylic acids is 1. The number of hydrogen-bond donors (Lipinski definition) is 1. The lowest BCUT2D eigenvalue weighted by Crippen LogP contribution is -2.57. The van der Waals surface area contributed by atoms with Crippen LogP contribution in [0.15, 0.2) is 0 Å². The molecule has 1 heterocycles. The van der Waals surface area contributed by atoms with E-state index in [1.165, 1.54) is 4.90 Å². The molecule has 1 atom stereocenters. The van der Waals surface area contributed by atoms with Gasteiger partial charge in [-0.15, -0.1) is 0 Å². The van der Waals surface area contributed by atoms with E-state index >= 15 is 0 Å². The van der Waals surface area contributed by atoms with Gasteiger partial charge in [0, 0.05) is 32.2 Å². The molecule has 0 aliphatic carbocycles. The average molecular weight is 257 g/mol. The maximum Gasteiger partial charge on any atom is 0.323 e. The zero-order valence-corrected chi connectivity index (χ0v) is 11.4. The van der Waals surface area contributed by atoms with Gasteiger partial charge in [0.15, 0.2) is 0 Å². The standard InChI is InChI=1S/C12H23N3O3/c1-4-5-14(9-11(16)17)12(18)15-7-6-13(3)8-10(15)2/h10H,4-9H2,1-3H3,(H,16,17). The van der Waals surface area contributed by atoms with Crippen LogP contribution in [0.1, 0.15) is 20.3 Å². The van der Waals surface area contributed by atoms with Crippen molar-refractivity contribution < 1.29 is 14.7 Å². The van der Waals surface area contributed by atoms with Gasteiger partial charge in [-0.25, -0.2) is 4.79 Å². The molecule has 0 aromatic rings. The fraction of sp³-hybridized carbons (Fsp3) is 0.833. The van der Waals surface area contributed by atoms with Crippen molar-refractivity contribution in [2.45, 2.75) is 26.3 Å². The molecule has 1 unspecified atom stereocenters. The first-order chi connectivity index (χ1) is 8.45. The summed E-state index contributed by atoms with van der Waals surface area (Å²) in [7, 11) is 2.03. The number of carbonyl (C=O) groups is 2. The lowest BCUT2D eigenvalue weighted by molar-refractivity contribution is -0.137. The highest BCUT2D eigenvalue weighted by molar-refractivity contribution is 5.80. The van der Waals surface area contributed by atoms with Crippen LogP contribution in [0.2, 0.25) is 0 Å². The zero-order chi connectivity index (χ0) is 13.7. The van der Waals surface area contributed by atoms with Crippen molar-refractivity contribution in [2.75, 3.05) is 39.8 Å². The van der Waals surface area contributed by atoms with Crippen LogP contribution >= 0.6 is 0 Å². The van der Waals surface area contributed by atoms with Gasteiger partial charge in [0.05, 0.1) is 0 Å². The summed E-state index contributed by atoms with van der Waals surface area (Å²) in [6, 6.07) is -0.0238. The monoisotopic (exact) mass is 257 g/mol. The topological polar surface area (TPSA) is 64.1 Å². The maximum absolute atomic E-state index is 12.3. The largest absolute Gasteiger partial charge is 0.480 e. The molecule has 6 nitrogen and oxygen atoms in total. The molecule has 1 aliphatic rings. The number of carboxylic acid groups (broad SMARTS) is 1. The minimum atomic E-state index is -0.960. The molecule has 104 valence electrons. The second-order valence-corrected chi connectivity index (χ2v) is 4.90. The van der Waals surface area contributed by atoms with Crippen molar-refractivity contribution in [1.29, 1.82) is 0 Å². The minimum absolute atomic E-state index is 0.129. The van der Waals surface area contributed by atoms with Crippen molar-refractivity contribution in [3.05, 3.63) is 0 Å². The van der Waals surface area contributed by atoms with E-state index in [2.05, 4.69) is 4.90 Å². The molecule has 1 fully saturated rings. The van der Waals surface area contributed by atoms with Crippen molar-refractivity contribution in [2.24, 2.45) is 0 Å². The first-order valence-corrected chi connectivity index (χ1v) is 6.41. The average Bonchev–Trinajstić information content (AvgIpc) is 2.27. The van der Waals surface area contributed by atoms with Crippen LogP contribution in [0.25, 0.3) is 0 Å². The number of hydrogen-bond acceptors (Lipinski definition) is 3. The molecule has 0 radical (unpaired) electrons. The molecule has 0 bridgehead atoms. The number of carbonyl (C=O) groups excluding carboxylic acids is 1. The summed E-state index contributed by atoms with van der Waals surface area (Å²) in [5.74, 6) is -0.960.